The molecule has 0 bridgehead atoms. The number of rotatable bonds is 7. The summed E-state index contributed by atoms with van der Waals surface area (Å²) in [7, 11) is 0. The predicted octanol–water partition coefficient (Wildman–Crippen LogP) is 1.62. The summed E-state index contributed by atoms with van der Waals surface area (Å²) < 4.78 is 6.94. The molecule has 3 aromatic rings. The molecule has 124 valence electrons. The average Bonchev–Trinajstić information content (AvgIpc) is 3.25. The van der Waals surface area contributed by atoms with Crippen LogP contribution in [0.5, 0.6) is 0 Å². The fourth-order valence-electron chi connectivity index (χ4n) is 2.16. The molecule has 0 fully saturated rings. The van der Waals surface area contributed by atoms with Gasteiger partial charge in [-0.25, -0.2) is 0 Å². The molecular formula is C16H18N6O2. The number of hydrogen-bond donors (Lipinski definition) is 2. The molecule has 8 nitrogen and oxygen atoms in total. The Hall–Kier alpha value is -3.16. The van der Waals surface area contributed by atoms with Crippen molar-refractivity contribution in [1.82, 2.24) is 25.3 Å². The third kappa shape index (κ3) is 4.19. The highest BCUT2D eigenvalue weighted by atomic mass is 16.3. The van der Waals surface area contributed by atoms with Crippen LogP contribution in [-0.4, -0.2) is 32.4 Å². The fourth-order valence-corrected chi connectivity index (χ4v) is 2.16. The second-order valence-corrected chi connectivity index (χ2v) is 5.24. The molecule has 0 saturated carbocycles. The van der Waals surface area contributed by atoms with E-state index >= 15 is 0 Å². The Labute approximate surface area is 138 Å². The van der Waals surface area contributed by atoms with Crippen LogP contribution in [-0.2, 0) is 13.1 Å². The van der Waals surface area contributed by atoms with Gasteiger partial charge in [0.05, 0.1) is 25.0 Å². The van der Waals surface area contributed by atoms with E-state index in [0.29, 0.717) is 31.1 Å². The molecule has 0 aliphatic carbocycles. The van der Waals surface area contributed by atoms with E-state index in [1.54, 1.807) is 35.3 Å². The second kappa shape index (κ2) is 7.40. The van der Waals surface area contributed by atoms with Gasteiger partial charge in [0.25, 0.3) is 5.91 Å². The number of carbonyl (C=O) groups excluding carboxylic acids is 1. The van der Waals surface area contributed by atoms with Crippen molar-refractivity contribution in [2.45, 2.75) is 20.0 Å². The van der Waals surface area contributed by atoms with Crippen molar-refractivity contribution in [3.05, 3.63) is 60.1 Å². The lowest BCUT2D eigenvalue weighted by atomic mass is 10.3. The van der Waals surface area contributed by atoms with Crippen LogP contribution in [0.4, 0.5) is 5.69 Å². The molecule has 0 radical (unpaired) electrons. The summed E-state index contributed by atoms with van der Waals surface area (Å²) in [5, 5.41) is 13.9. The van der Waals surface area contributed by atoms with E-state index in [0.717, 1.165) is 11.4 Å². The van der Waals surface area contributed by atoms with Gasteiger partial charge in [-0.3, -0.25) is 14.5 Å². The van der Waals surface area contributed by atoms with E-state index in [2.05, 4.69) is 25.9 Å². The number of aryl methyl sites for hydroxylation is 1. The van der Waals surface area contributed by atoms with E-state index < -0.39 is 0 Å². The third-order valence-electron chi connectivity index (χ3n) is 3.32. The van der Waals surface area contributed by atoms with Gasteiger partial charge < -0.3 is 15.1 Å². The number of carbonyl (C=O) groups is 1. The SMILES string of the molecule is Cc1cn(CCNc2ccnc(C(=O)NCc3ccco3)c2)nn1. The number of amides is 1. The zero-order valence-corrected chi connectivity index (χ0v) is 13.3. The number of aromatic nitrogens is 4. The van der Waals surface area contributed by atoms with Crippen molar-refractivity contribution in [1.29, 1.82) is 0 Å². The minimum absolute atomic E-state index is 0.248. The molecule has 24 heavy (non-hydrogen) atoms. The first-order valence-electron chi connectivity index (χ1n) is 7.58. The average molecular weight is 326 g/mol. The van der Waals surface area contributed by atoms with Crippen molar-refractivity contribution in [3.63, 3.8) is 0 Å². The maximum Gasteiger partial charge on any atom is 0.270 e. The Morgan fingerprint density at radius 3 is 3.04 bits per heavy atom. The fraction of sp³-hybridized carbons (Fsp3) is 0.250. The maximum absolute atomic E-state index is 12.1. The third-order valence-corrected chi connectivity index (χ3v) is 3.32. The molecule has 0 saturated heterocycles. The number of anilines is 1. The van der Waals surface area contributed by atoms with Crippen molar-refractivity contribution in [3.8, 4) is 0 Å². The molecule has 0 aliphatic heterocycles. The molecule has 2 N–H and O–H groups in total. The first-order chi connectivity index (χ1) is 11.7. The van der Waals surface area contributed by atoms with Gasteiger partial charge in [-0.1, -0.05) is 5.21 Å². The highest BCUT2D eigenvalue weighted by Crippen LogP contribution is 2.08. The molecule has 1 amide bonds. The lowest BCUT2D eigenvalue weighted by molar-refractivity contribution is 0.0943. The standard InChI is InChI=1S/C16H18N6O2/c1-12-11-22(21-20-12)7-6-17-13-4-5-18-15(9-13)16(23)19-10-14-3-2-8-24-14/h2-5,8-9,11H,6-7,10H2,1H3,(H,17,18)(H,19,23). The summed E-state index contributed by atoms with van der Waals surface area (Å²) in [5.41, 5.74) is 2.06. The van der Waals surface area contributed by atoms with Crippen molar-refractivity contribution in [2.75, 3.05) is 11.9 Å². The molecule has 0 aromatic carbocycles. The number of nitrogens with zero attached hydrogens (tertiary/aromatic N) is 4. The zero-order valence-electron chi connectivity index (χ0n) is 13.3. The van der Waals surface area contributed by atoms with Crippen molar-refractivity contribution < 1.29 is 9.21 Å². The smallest absolute Gasteiger partial charge is 0.270 e. The lowest BCUT2D eigenvalue weighted by Crippen LogP contribution is -2.23. The van der Waals surface area contributed by atoms with E-state index in [1.165, 1.54) is 0 Å². The first-order valence-corrected chi connectivity index (χ1v) is 7.58. The quantitative estimate of drug-likeness (QED) is 0.684. The van der Waals surface area contributed by atoms with Crippen LogP contribution >= 0.6 is 0 Å². The zero-order chi connectivity index (χ0) is 16.8. The number of hydrogen-bond acceptors (Lipinski definition) is 6. The Balaban J connectivity index is 1.52. The highest BCUT2D eigenvalue weighted by Gasteiger charge is 2.08. The molecule has 0 spiro atoms. The molecule has 0 aliphatic rings. The van der Waals surface area contributed by atoms with Gasteiger partial charge in [0.15, 0.2) is 0 Å². The summed E-state index contributed by atoms with van der Waals surface area (Å²) in [6.45, 7) is 3.58. The van der Waals surface area contributed by atoms with Crippen LogP contribution in [0.2, 0.25) is 0 Å². The van der Waals surface area contributed by atoms with Crippen LogP contribution in [0.15, 0.2) is 47.3 Å². The number of furan rings is 1. The molecule has 8 heteroatoms. The largest absolute Gasteiger partial charge is 0.467 e. The summed E-state index contributed by atoms with van der Waals surface area (Å²) >= 11 is 0. The first kappa shape index (κ1) is 15.7. The van der Waals surface area contributed by atoms with Crippen molar-refractivity contribution >= 4 is 11.6 Å². The topological polar surface area (TPSA) is 97.9 Å². The van der Waals surface area contributed by atoms with Crippen LogP contribution in [0, 0.1) is 6.92 Å². The van der Waals surface area contributed by atoms with Crippen LogP contribution in [0.3, 0.4) is 0 Å². The number of pyridine rings is 1. The monoisotopic (exact) mass is 326 g/mol. The molecule has 3 aromatic heterocycles. The highest BCUT2D eigenvalue weighted by molar-refractivity contribution is 5.93. The maximum atomic E-state index is 12.1. The van der Waals surface area contributed by atoms with Crippen LogP contribution in [0.1, 0.15) is 21.9 Å². The summed E-state index contributed by atoms with van der Waals surface area (Å²) in [5.74, 6) is 0.447. The summed E-state index contributed by atoms with van der Waals surface area (Å²) in [6, 6.07) is 7.11. The van der Waals surface area contributed by atoms with Crippen LogP contribution in [0.25, 0.3) is 0 Å². The van der Waals surface area contributed by atoms with Gasteiger partial charge in [0.1, 0.15) is 11.5 Å². The normalized spacial score (nSPS) is 10.5. The Morgan fingerprint density at radius 2 is 2.29 bits per heavy atom. The molecule has 3 rings (SSSR count). The Bertz CT molecular complexity index is 797. The number of nitrogens with one attached hydrogen (secondary N) is 2. The Morgan fingerprint density at radius 1 is 1.38 bits per heavy atom. The summed E-state index contributed by atoms with van der Waals surface area (Å²) in [6.07, 6.45) is 5.05. The lowest BCUT2D eigenvalue weighted by Gasteiger charge is -2.08. The van der Waals surface area contributed by atoms with Gasteiger partial charge in [-0.15, -0.1) is 5.10 Å². The predicted molar refractivity (Wildman–Crippen MR) is 87.4 cm³/mol. The van der Waals surface area contributed by atoms with Crippen LogP contribution < -0.4 is 10.6 Å². The van der Waals surface area contributed by atoms with E-state index in [9.17, 15) is 4.79 Å². The van der Waals surface area contributed by atoms with Gasteiger partial charge in [0, 0.05) is 24.6 Å². The molecule has 0 atom stereocenters. The minimum Gasteiger partial charge on any atom is -0.467 e. The van der Waals surface area contributed by atoms with Gasteiger partial charge in [-0.2, -0.15) is 0 Å². The van der Waals surface area contributed by atoms with E-state index in [1.807, 2.05) is 19.2 Å². The van der Waals surface area contributed by atoms with Gasteiger partial charge >= 0.3 is 0 Å². The summed E-state index contributed by atoms with van der Waals surface area (Å²) in [4.78, 5) is 16.2. The van der Waals surface area contributed by atoms with Crippen molar-refractivity contribution in [2.24, 2.45) is 0 Å². The van der Waals surface area contributed by atoms with Gasteiger partial charge in [0.2, 0.25) is 0 Å². The second-order valence-electron chi connectivity index (χ2n) is 5.24. The van der Waals surface area contributed by atoms with E-state index in [4.69, 9.17) is 4.42 Å². The van der Waals surface area contributed by atoms with E-state index in [-0.39, 0.29) is 5.91 Å². The molecule has 3 heterocycles. The molecule has 0 unspecified atom stereocenters. The molecular weight excluding hydrogens is 308 g/mol. The minimum atomic E-state index is -0.248. The van der Waals surface area contributed by atoms with Gasteiger partial charge in [-0.05, 0) is 31.2 Å². The Kier molecular flexibility index (Phi) is 4.85.